The van der Waals surface area contributed by atoms with Crippen LogP contribution in [0.1, 0.15) is 52.4 Å². The molecule has 1 saturated carbocycles. The van der Waals surface area contributed by atoms with Crippen LogP contribution in [0.5, 0.6) is 0 Å². The predicted octanol–water partition coefficient (Wildman–Crippen LogP) is 2.19. The Balaban J connectivity index is 2.63. The van der Waals surface area contributed by atoms with E-state index >= 15 is 0 Å². The lowest BCUT2D eigenvalue weighted by atomic mass is 10.0. The van der Waals surface area contributed by atoms with E-state index in [4.69, 9.17) is 5.11 Å². The Morgan fingerprint density at radius 3 is 2.31 bits per heavy atom. The van der Waals surface area contributed by atoms with Gasteiger partial charge in [-0.1, -0.05) is 26.7 Å². The number of aliphatic hydroxyl groups is 1. The van der Waals surface area contributed by atoms with Crippen molar-refractivity contribution in [2.45, 2.75) is 58.4 Å². The van der Waals surface area contributed by atoms with Gasteiger partial charge in [0.05, 0.1) is 6.61 Å². The monoisotopic (exact) mass is 227 g/mol. The fourth-order valence-electron chi connectivity index (χ4n) is 2.67. The molecule has 3 nitrogen and oxygen atoms in total. The van der Waals surface area contributed by atoms with Crippen molar-refractivity contribution < 1.29 is 9.90 Å². The second kappa shape index (κ2) is 6.89. The zero-order valence-corrected chi connectivity index (χ0v) is 10.6. The fourth-order valence-corrected chi connectivity index (χ4v) is 2.67. The second-order valence-electron chi connectivity index (χ2n) is 4.71. The Bertz CT molecular complexity index is 208. The minimum Gasteiger partial charge on any atom is -0.395 e. The van der Waals surface area contributed by atoms with Gasteiger partial charge in [0, 0.05) is 18.5 Å². The third-order valence-corrected chi connectivity index (χ3v) is 3.72. The summed E-state index contributed by atoms with van der Waals surface area (Å²) in [6, 6.07) is 0.389. The van der Waals surface area contributed by atoms with Crippen molar-refractivity contribution >= 4 is 5.91 Å². The molecule has 0 aromatic rings. The van der Waals surface area contributed by atoms with Crippen molar-refractivity contribution in [2.24, 2.45) is 5.92 Å². The van der Waals surface area contributed by atoms with E-state index in [9.17, 15) is 4.79 Å². The molecule has 0 aromatic carbocycles. The van der Waals surface area contributed by atoms with E-state index in [1.54, 1.807) is 0 Å². The molecule has 1 aliphatic carbocycles. The average molecular weight is 227 g/mol. The summed E-state index contributed by atoms with van der Waals surface area (Å²) in [6.07, 6.45) is 6.50. The molecule has 1 N–H and O–H groups in total. The number of hydrogen-bond donors (Lipinski definition) is 1. The summed E-state index contributed by atoms with van der Waals surface area (Å²) in [4.78, 5) is 14.2. The summed E-state index contributed by atoms with van der Waals surface area (Å²) in [7, 11) is 0. The smallest absolute Gasteiger partial charge is 0.225 e. The molecule has 0 heterocycles. The third-order valence-electron chi connectivity index (χ3n) is 3.72. The molecule has 0 aliphatic heterocycles. The van der Waals surface area contributed by atoms with Crippen LogP contribution in [0.4, 0.5) is 0 Å². The maximum atomic E-state index is 12.3. The van der Waals surface area contributed by atoms with Crippen molar-refractivity contribution in [1.29, 1.82) is 0 Å². The van der Waals surface area contributed by atoms with Gasteiger partial charge in [0.25, 0.3) is 0 Å². The van der Waals surface area contributed by atoms with Gasteiger partial charge in [-0.05, 0) is 25.7 Å². The first-order chi connectivity index (χ1) is 7.74. The first-order valence-corrected chi connectivity index (χ1v) is 6.65. The fraction of sp³-hybridized carbons (Fsp3) is 0.923. The third kappa shape index (κ3) is 3.21. The van der Waals surface area contributed by atoms with Gasteiger partial charge in [-0.3, -0.25) is 4.79 Å². The van der Waals surface area contributed by atoms with Crippen molar-refractivity contribution in [3.05, 3.63) is 0 Å². The van der Waals surface area contributed by atoms with E-state index in [1.807, 2.05) is 4.90 Å². The van der Waals surface area contributed by atoms with Crippen molar-refractivity contribution in [2.75, 3.05) is 13.2 Å². The lowest BCUT2D eigenvalue weighted by Gasteiger charge is -2.31. The van der Waals surface area contributed by atoms with Crippen LogP contribution >= 0.6 is 0 Å². The molecule has 0 radical (unpaired) electrons. The average Bonchev–Trinajstić information content (AvgIpc) is 2.80. The number of carbonyl (C=O) groups is 1. The van der Waals surface area contributed by atoms with Gasteiger partial charge in [-0.25, -0.2) is 0 Å². The molecule has 0 spiro atoms. The molecule has 0 bridgehead atoms. The summed E-state index contributed by atoms with van der Waals surface area (Å²) in [5, 5.41) is 9.08. The molecule has 16 heavy (non-hydrogen) atoms. The molecular weight excluding hydrogens is 202 g/mol. The Morgan fingerprint density at radius 1 is 1.31 bits per heavy atom. The van der Waals surface area contributed by atoms with Gasteiger partial charge < -0.3 is 10.0 Å². The molecule has 1 aliphatic rings. The Kier molecular flexibility index (Phi) is 5.81. The van der Waals surface area contributed by atoms with E-state index in [-0.39, 0.29) is 18.4 Å². The summed E-state index contributed by atoms with van der Waals surface area (Å²) < 4.78 is 0. The van der Waals surface area contributed by atoms with Crippen molar-refractivity contribution in [1.82, 2.24) is 4.90 Å². The molecule has 0 aromatic heterocycles. The molecule has 1 fully saturated rings. The second-order valence-corrected chi connectivity index (χ2v) is 4.71. The van der Waals surface area contributed by atoms with Gasteiger partial charge in [0.15, 0.2) is 0 Å². The molecule has 1 rings (SSSR count). The van der Waals surface area contributed by atoms with Crippen LogP contribution in [0.25, 0.3) is 0 Å². The number of hydrogen-bond acceptors (Lipinski definition) is 2. The molecular formula is C13H25NO2. The van der Waals surface area contributed by atoms with Gasteiger partial charge in [0.2, 0.25) is 5.91 Å². The van der Waals surface area contributed by atoms with Crippen molar-refractivity contribution in [3.63, 3.8) is 0 Å². The topological polar surface area (TPSA) is 40.5 Å². The van der Waals surface area contributed by atoms with E-state index < -0.39 is 0 Å². The number of nitrogens with zero attached hydrogens (tertiary/aromatic N) is 1. The van der Waals surface area contributed by atoms with Gasteiger partial charge in [0.1, 0.15) is 0 Å². The van der Waals surface area contributed by atoms with Crippen LogP contribution in [0, 0.1) is 5.92 Å². The first kappa shape index (κ1) is 13.5. The Morgan fingerprint density at radius 2 is 1.88 bits per heavy atom. The molecule has 0 unspecified atom stereocenters. The van der Waals surface area contributed by atoms with Gasteiger partial charge >= 0.3 is 0 Å². The largest absolute Gasteiger partial charge is 0.395 e. The quantitative estimate of drug-likeness (QED) is 0.755. The number of amides is 1. The van der Waals surface area contributed by atoms with Crippen LogP contribution in [-0.4, -0.2) is 35.1 Å². The summed E-state index contributed by atoms with van der Waals surface area (Å²) in [5.41, 5.74) is 0. The number of rotatable bonds is 6. The molecule has 0 atom stereocenters. The van der Waals surface area contributed by atoms with E-state index in [0.29, 0.717) is 12.6 Å². The summed E-state index contributed by atoms with van der Waals surface area (Å²) >= 11 is 0. The lowest BCUT2D eigenvalue weighted by Crippen LogP contribution is -2.43. The highest BCUT2D eigenvalue weighted by atomic mass is 16.3. The minimum atomic E-state index is 0.0857. The number of aliphatic hydroxyl groups excluding tert-OH is 1. The minimum absolute atomic E-state index is 0.0857. The van der Waals surface area contributed by atoms with E-state index in [0.717, 1.165) is 25.7 Å². The first-order valence-electron chi connectivity index (χ1n) is 6.65. The van der Waals surface area contributed by atoms with Crippen molar-refractivity contribution in [3.8, 4) is 0 Å². The normalized spacial score (nSPS) is 17.0. The number of carbonyl (C=O) groups excluding carboxylic acids is 1. The SMILES string of the molecule is CCC(CC)C(=O)N(CCO)C1CCCC1. The summed E-state index contributed by atoms with van der Waals surface area (Å²) in [5.74, 6) is 0.401. The molecule has 94 valence electrons. The molecule has 3 heteroatoms. The van der Waals surface area contributed by atoms with Crippen LogP contribution in [-0.2, 0) is 4.79 Å². The maximum absolute atomic E-state index is 12.3. The highest BCUT2D eigenvalue weighted by Gasteiger charge is 2.29. The Hall–Kier alpha value is -0.570. The van der Waals surface area contributed by atoms with Gasteiger partial charge in [-0.2, -0.15) is 0 Å². The zero-order valence-electron chi connectivity index (χ0n) is 10.6. The summed E-state index contributed by atoms with van der Waals surface area (Å²) in [6.45, 7) is 4.73. The highest BCUT2D eigenvalue weighted by molar-refractivity contribution is 5.79. The molecule has 1 amide bonds. The molecule has 0 saturated heterocycles. The highest BCUT2D eigenvalue weighted by Crippen LogP contribution is 2.25. The predicted molar refractivity (Wildman–Crippen MR) is 65.1 cm³/mol. The lowest BCUT2D eigenvalue weighted by molar-refractivity contribution is -0.138. The van der Waals surface area contributed by atoms with Crippen LogP contribution in [0.15, 0.2) is 0 Å². The standard InChI is InChI=1S/C13H25NO2/c1-3-11(4-2)13(16)14(9-10-15)12-7-5-6-8-12/h11-12,15H,3-10H2,1-2H3. The van der Waals surface area contributed by atoms with E-state index in [1.165, 1.54) is 12.8 Å². The van der Waals surface area contributed by atoms with Crippen LogP contribution in [0.2, 0.25) is 0 Å². The zero-order chi connectivity index (χ0) is 12.0. The van der Waals surface area contributed by atoms with Crippen LogP contribution < -0.4 is 0 Å². The van der Waals surface area contributed by atoms with Crippen LogP contribution in [0.3, 0.4) is 0 Å². The maximum Gasteiger partial charge on any atom is 0.225 e. The van der Waals surface area contributed by atoms with Gasteiger partial charge in [-0.15, -0.1) is 0 Å². The Labute approximate surface area is 98.8 Å². The van der Waals surface area contributed by atoms with E-state index in [2.05, 4.69) is 13.8 Å².